The largest absolute Gasteiger partial charge is 0.489 e. The molecule has 2 aromatic rings. The van der Waals surface area contributed by atoms with E-state index in [9.17, 15) is 0 Å². The number of benzene rings is 2. The van der Waals surface area contributed by atoms with Crippen LogP contribution in [0.4, 0.5) is 0 Å². The second kappa shape index (κ2) is 11.3. The van der Waals surface area contributed by atoms with E-state index >= 15 is 0 Å². The first-order valence-corrected chi connectivity index (χ1v) is 9.81. The number of halogens is 1. The number of hydrogen-bond donors (Lipinski definition) is 1. The van der Waals surface area contributed by atoms with Gasteiger partial charge in [0, 0.05) is 18.2 Å². The zero-order chi connectivity index (χ0) is 17.3. The molecule has 0 spiro atoms. The Balaban J connectivity index is 0.00000243. The summed E-state index contributed by atoms with van der Waals surface area (Å²) in [5.74, 6) is 1.00. The fourth-order valence-corrected chi connectivity index (χ4v) is 3.55. The quantitative estimate of drug-likeness (QED) is 0.650. The highest BCUT2D eigenvalue weighted by atomic mass is 35.5. The van der Waals surface area contributed by atoms with Crippen molar-refractivity contribution >= 4 is 12.4 Å². The summed E-state index contributed by atoms with van der Waals surface area (Å²) < 4.78 is 6.11. The van der Waals surface area contributed by atoms with Crippen molar-refractivity contribution < 1.29 is 4.74 Å². The van der Waals surface area contributed by atoms with Crippen molar-refractivity contribution in [3.05, 3.63) is 65.2 Å². The van der Waals surface area contributed by atoms with E-state index in [0.717, 1.165) is 12.3 Å². The van der Waals surface area contributed by atoms with Crippen LogP contribution in [-0.4, -0.2) is 6.04 Å². The van der Waals surface area contributed by atoms with Crippen LogP contribution in [0.2, 0.25) is 0 Å². The molecule has 0 radical (unpaired) electrons. The molecule has 26 heavy (non-hydrogen) atoms. The second-order valence-corrected chi connectivity index (χ2v) is 7.30. The zero-order valence-electron chi connectivity index (χ0n) is 15.9. The fraction of sp³-hybridized carbons (Fsp3) is 0.478. The first kappa shape index (κ1) is 20.8. The van der Waals surface area contributed by atoms with Crippen LogP contribution in [0.1, 0.15) is 61.6 Å². The number of ether oxygens (including phenoxy) is 1. The molecule has 0 aromatic heterocycles. The Labute approximate surface area is 164 Å². The molecule has 1 N–H and O–H groups in total. The highest BCUT2D eigenvalue weighted by molar-refractivity contribution is 5.85. The molecule has 3 heteroatoms. The normalized spacial score (nSPS) is 15.6. The lowest BCUT2D eigenvalue weighted by molar-refractivity contribution is 0.300. The topological polar surface area (TPSA) is 21.3 Å². The molecule has 0 amide bonds. The van der Waals surface area contributed by atoms with Crippen LogP contribution in [0.3, 0.4) is 0 Å². The minimum absolute atomic E-state index is 0. The van der Waals surface area contributed by atoms with Gasteiger partial charge in [-0.15, -0.1) is 12.4 Å². The van der Waals surface area contributed by atoms with E-state index in [4.69, 9.17) is 4.74 Å². The summed E-state index contributed by atoms with van der Waals surface area (Å²) in [5, 5.41) is 3.77. The van der Waals surface area contributed by atoms with Crippen molar-refractivity contribution in [1.82, 2.24) is 5.32 Å². The van der Waals surface area contributed by atoms with Crippen LogP contribution in [0.25, 0.3) is 0 Å². The molecule has 1 fully saturated rings. The smallest absolute Gasteiger partial charge is 0.124 e. The number of aryl methyl sites for hydroxylation is 1. The Kier molecular flexibility index (Phi) is 9.00. The lowest BCUT2D eigenvalue weighted by Crippen LogP contribution is -2.29. The van der Waals surface area contributed by atoms with Gasteiger partial charge in [-0.25, -0.2) is 0 Å². The summed E-state index contributed by atoms with van der Waals surface area (Å²) in [4.78, 5) is 0. The minimum Gasteiger partial charge on any atom is -0.489 e. The SMILES string of the molecule is Cc1ccc(COc2ccccc2CNC2CCCCCCC2)cc1.Cl. The summed E-state index contributed by atoms with van der Waals surface area (Å²) in [7, 11) is 0. The molecule has 0 aliphatic heterocycles. The maximum absolute atomic E-state index is 6.11. The van der Waals surface area contributed by atoms with Gasteiger partial charge in [0.25, 0.3) is 0 Å². The summed E-state index contributed by atoms with van der Waals surface area (Å²) in [5.41, 5.74) is 3.76. The van der Waals surface area contributed by atoms with Crippen molar-refractivity contribution in [3.8, 4) is 5.75 Å². The third-order valence-electron chi connectivity index (χ3n) is 5.17. The Morgan fingerprint density at radius 2 is 1.54 bits per heavy atom. The highest BCUT2D eigenvalue weighted by Gasteiger charge is 2.12. The average molecular weight is 374 g/mol. The molecule has 2 nitrogen and oxygen atoms in total. The van der Waals surface area contributed by atoms with Gasteiger partial charge in [-0.2, -0.15) is 0 Å². The van der Waals surface area contributed by atoms with E-state index in [0.29, 0.717) is 12.6 Å². The van der Waals surface area contributed by atoms with Gasteiger partial charge < -0.3 is 10.1 Å². The second-order valence-electron chi connectivity index (χ2n) is 7.30. The Hall–Kier alpha value is -1.51. The summed E-state index contributed by atoms with van der Waals surface area (Å²) in [6.07, 6.45) is 9.57. The predicted molar refractivity (Wildman–Crippen MR) is 112 cm³/mol. The van der Waals surface area contributed by atoms with Crippen LogP contribution in [0.15, 0.2) is 48.5 Å². The van der Waals surface area contributed by atoms with Crippen LogP contribution in [0, 0.1) is 6.92 Å². The molecule has 2 aromatic carbocycles. The average Bonchev–Trinajstić information content (AvgIpc) is 2.61. The number of rotatable bonds is 6. The minimum atomic E-state index is 0. The van der Waals surface area contributed by atoms with Gasteiger partial charge in [0.1, 0.15) is 12.4 Å². The molecule has 1 saturated carbocycles. The molecule has 3 rings (SSSR count). The van der Waals surface area contributed by atoms with Gasteiger partial charge in [0.15, 0.2) is 0 Å². The number of para-hydroxylation sites is 1. The summed E-state index contributed by atoms with van der Waals surface area (Å²) in [6.45, 7) is 3.64. The zero-order valence-corrected chi connectivity index (χ0v) is 16.7. The van der Waals surface area contributed by atoms with E-state index in [1.54, 1.807) is 0 Å². The molecule has 0 heterocycles. The summed E-state index contributed by atoms with van der Waals surface area (Å²) >= 11 is 0. The molecule has 1 aliphatic carbocycles. The Morgan fingerprint density at radius 1 is 0.885 bits per heavy atom. The standard InChI is InChI=1S/C23H31NO.ClH/c1-19-13-15-20(16-14-19)18-25-23-12-8-7-9-21(23)17-24-22-10-5-3-2-4-6-11-22;/h7-9,12-16,22,24H,2-6,10-11,17-18H2,1H3;1H. The lowest BCUT2D eigenvalue weighted by Gasteiger charge is -2.22. The van der Waals surface area contributed by atoms with Gasteiger partial charge in [-0.1, -0.05) is 80.1 Å². The molecule has 1 aliphatic rings. The molecule has 0 saturated heterocycles. The van der Waals surface area contributed by atoms with Crippen LogP contribution in [0.5, 0.6) is 5.75 Å². The molecular weight excluding hydrogens is 342 g/mol. The first-order chi connectivity index (χ1) is 12.3. The van der Waals surface area contributed by atoms with E-state index in [-0.39, 0.29) is 12.4 Å². The number of hydrogen-bond acceptors (Lipinski definition) is 2. The van der Waals surface area contributed by atoms with Crippen LogP contribution >= 0.6 is 12.4 Å². The third-order valence-corrected chi connectivity index (χ3v) is 5.17. The first-order valence-electron chi connectivity index (χ1n) is 9.81. The maximum Gasteiger partial charge on any atom is 0.124 e. The van der Waals surface area contributed by atoms with Crippen molar-refractivity contribution in [1.29, 1.82) is 0 Å². The van der Waals surface area contributed by atoms with E-state index in [1.807, 2.05) is 0 Å². The van der Waals surface area contributed by atoms with Gasteiger partial charge in [0.2, 0.25) is 0 Å². The van der Waals surface area contributed by atoms with E-state index in [1.165, 1.54) is 61.6 Å². The number of nitrogens with one attached hydrogen (secondary N) is 1. The fourth-order valence-electron chi connectivity index (χ4n) is 3.55. The molecule has 0 unspecified atom stereocenters. The van der Waals surface area contributed by atoms with Crippen molar-refractivity contribution in [2.45, 2.75) is 71.1 Å². The molecular formula is C23H32ClNO. The van der Waals surface area contributed by atoms with E-state index < -0.39 is 0 Å². The molecule has 0 bridgehead atoms. The molecule has 0 atom stereocenters. The van der Waals surface area contributed by atoms with Crippen molar-refractivity contribution in [2.24, 2.45) is 0 Å². The van der Waals surface area contributed by atoms with Gasteiger partial charge in [0.05, 0.1) is 0 Å². The monoisotopic (exact) mass is 373 g/mol. The van der Waals surface area contributed by atoms with Crippen LogP contribution < -0.4 is 10.1 Å². The van der Waals surface area contributed by atoms with Gasteiger partial charge in [-0.05, 0) is 31.4 Å². The van der Waals surface area contributed by atoms with Crippen LogP contribution in [-0.2, 0) is 13.2 Å². The Bertz CT molecular complexity index is 633. The highest BCUT2D eigenvalue weighted by Crippen LogP contribution is 2.21. The Morgan fingerprint density at radius 3 is 2.27 bits per heavy atom. The van der Waals surface area contributed by atoms with Crippen molar-refractivity contribution in [3.63, 3.8) is 0 Å². The predicted octanol–water partition coefficient (Wildman–Crippen LogP) is 6.20. The molecule has 142 valence electrons. The van der Waals surface area contributed by atoms with E-state index in [2.05, 4.69) is 60.8 Å². The maximum atomic E-state index is 6.11. The van der Waals surface area contributed by atoms with Crippen molar-refractivity contribution in [2.75, 3.05) is 0 Å². The van der Waals surface area contributed by atoms with Gasteiger partial charge >= 0.3 is 0 Å². The third kappa shape index (κ3) is 6.66. The van der Waals surface area contributed by atoms with Gasteiger partial charge in [-0.3, -0.25) is 0 Å². The lowest BCUT2D eigenvalue weighted by atomic mass is 9.96. The summed E-state index contributed by atoms with van der Waals surface area (Å²) in [6, 6.07) is 17.7.